The van der Waals surface area contributed by atoms with Gasteiger partial charge in [-0.1, -0.05) is 30.3 Å². The molecule has 0 radical (unpaired) electrons. The van der Waals surface area contributed by atoms with Gasteiger partial charge in [-0.3, -0.25) is 4.79 Å². The van der Waals surface area contributed by atoms with Crippen LogP contribution >= 0.6 is 0 Å². The van der Waals surface area contributed by atoms with Gasteiger partial charge in [-0.15, -0.1) is 0 Å². The van der Waals surface area contributed by atoms with E-state index in [1.165, 1.54) is 0 Å². The van der Waals surface area contributed by atoms with Crippen LogP contribution in [0.2, 0.25) is 0 Å². The maximum atomic E-state index is 12.6. The third kappa shape index (κ3) is 3.87. The molecule has 27 heavy (non-hydrogen) atoms. The maximum absolute atomic E-state index is 12.6. The molecule has 0 fully saturated rings. The SMILES string of the molecule is CCOC(=O)c1c(-c2ccccc2)oc2ccc(OC(=O)C(C)(C)C)cc12. The topological polar surface area (TPSA) is 65.7 Å². The average molecular weight is 366 g/mol. The molecule has 0 spiro atoms. The van der Waals surface area contributed by atoms with Crippen molar-refractivity contribution in [1.29, 1.82) is 0 Å². The van der Waals surface area contributed by atoms with E-state index in [0.717, 1.165) is 5.56 Å². The standard InChI is InChI=1S/C22H22O5/c1-5-25-20(23)18-16-13-15(26-21(24)22(2,3)4)11-12-17(16)27-19(18)14-9-7-6-8-10-14/h6-13H,5H2,1-4H3. The summed E-state index contributed by atoms with van der Waals surface area (Å²) in [4.78, 5) is 24.8. The molecule has 0 saturated carbocycles. The van der Waals surface area contributed by atoms with Gasteiger partial charge in [0.1, 0.15) is 22.7 Å². The molecular weight excluding hydrogens is 344 g/mol. The number of hydrogen-bond donors (Lipinski definition) is 0. The van der Waals surface area contributed by atoms with Crippen LogP contribution in [0.3, 0.4) is 0 Å². The third-order valence-electron chi connectivity index (χ3n) is 4.00. The van der Waals surface area contributed by atoms with Crippen molar-refractivity contribution in [3.05, 3.63) is 54.1 Å². The second kappa shape index (κ2) is 7.27. The number of furan rings is 1. The lowest BCUT2D eigenvalue weighted by Gasteiger charge is -2.16. The predicted octanol–water partition coefficient (Wildman–Crippen LogP) is 5.23. The maximum Gasteiger partial charge on any atom is 0.342 e. The molecule has 0 amide bonds. The van der Waals surface area contributed by atoms with Crippen molar-refractivity contribution in [3.8, 4) is 17.1 Å². The Morgan fingerprint density at radius 2 is 1.74 bits per heavy atom. The van der Waals surface area contributed by atoms with E-state index in [1.807, 2.05) is 30.3 Å². The summed E-state index contributed by atoms with van der Waals surface area (Å²) in [5, 5.41) is 0.548. The Bertz CT molecular complexity index is 977. The predicted molar refractivity (Wildman–Crippen MR) is 103 cm³/mol. The highest BCUT2D eigenvalue weighted by atomic mass is 16.5. The molecule has 5 nitrogen and oxygen atoms in total. The van der Waals surface area contributed by atoms with Gasteiger partial charge >= 0.3 is 11.9 Å². The van der Waals surface area contributed by atoms with Gasteiger partial charge in [0, 0.05) is 10.9 Å². The van der Waals surface area contributed by atoms with E-state index in [1.54, 1.807) is 45.9 Å². The number of rotatable bonds is 4. The van der Waals surface area contributed by atoms with Gasteiger partial charge in [0.05, 0.1) is 12.0 Å². The fraction of sp³-hybridized carbons (Fsp3) is 0.273. The van der Waals surface area contributed by atoms with E-state index in [9.17, 15) is 9.59 Å². The number of hydrogen-bond acceptors (Lipinski definition) is 5. The number of carbonyl (C=O) groups is 2. The van der Waals surface area contributed by atoms with Crippen molar-refractivity contribution in [1.82, 2.24) is 0 Å². The summed E-state index contributed by atoms with van der Waals surface area (Å²) < 4.78 is 16.6. The van der Waals surface area contributed by atoms with Crippen LogP contribution in [0.5, 0.6) is 5.75 Å². The highest BCUT2D eigenvalue weighted by Gasteiger charge is 2.26. The molecule has 2 aromatic carbocycles. The normalized spacial score (nSPS) is 11.4. The van der Waals surface area contributed by atoms with Crippen LogP contribution in [-0.2, 0) is 9.53 Å². The number of ether oxygens (including phenoxy) is 2. The van der Waals surface area contributed by atoms with Crippen molar-refractivity contribution in [2.75, 3.05) is 6.61 Å². The second-order valence-electron chi connectivity index (χ2n) is 7.19. The molecule has 140 valence electrons. The van der Waals surface area contributed by atoms with Gasteiger partial charge in [0.15, 0.2) is 0 Å². The minimum absolute atomic E-state index is 0.248. The van der Waals surface area contributed by atoms with Gasteiger partial charge in [0.25, 0.3) is 0 Å². The molecule has 0 bridgehead atoms. The van der Waals surface area contributed by atoms with Crippen LogP contribution in [-0.4, -0.2) is 18.5 Å². The van der Waals surface area contributed by atoms with Crippen molar-refractivity contribution < 1.29 is 23.5 Å². The zero-order valence-corrected chi connectivity index (χ0v) is 15.9. The number of fused-ring (bicyclic) bond motifs is 1. The highest BCUT2D eigenvalue weighted by molar-refractivity contribution is 6.09. The average Bonchev–Trinajstić information content (AvgIpc) is 3.00. The monoisotopic (exact) mass is 366 g/mol. The summed E-state index contributed by atoms with van der Waals surface area (Å²) in [5.74, 6) is -0.0440. The molecule has 3 rings (SSSR count). The Morgan fingerprint density at radius 3 is 2.37 bits per heavy atom. The van der Waals surface area contributed by atoms with Crippen molar-refractivity contribution in [3.63, 3.8) is 0 Å². The first-order valence-corrected chi connectivity index (χ1v) is 8.82. The summed E-state index contributed by atoms with van der Waals surface area (Å²) in [5.41, 5.74) is 0.981. The van der Waals surface area contributed by atoms with Crippen molar-refractivity contribution >= 4 is 22.9 Å². The van der Waals surface area contributed by atoms with Gasteiger partial charge in [-0.25, -0.2) is 4.79 Å². The number of esters is 2. The summed E-state index contributed by atoms with van der Waals surface area (Å²) >= 11 is 0. The van der Waals surface area contributed by atoms with E-state index < -0.39 is 11.4 Å². The van der Waals surface area contributed by atoms with E-state index >= 15 is 0 Å². The summed E-state index contributed by atoms with van der Waals surface area (Å²) in [7, 11) is 0. The molecule has 1 heterocycles. The molecule has 0 aliphatic heterocycles. The van der Waals surface area contributed by atoms with Gasteiger partial charge in [0.2, 0.25) is 0 Å². The Hall–Kier alpha value is -3.08. The fourth-order valence-electron chi connectivity index (χ4n) is 2.60. The highest BCUT2D eigenvalue weighted by Crippen LogP contribution is 2.36. The summed E-state index contributed by atoms with van der Waals surface area (Å²) in [6, 6.07) is 14.3. The smallest absolute Gasteiger partial charge is 0.342 e. The molecule has 1 aromatic heterocycles. The molecule has 0 aliphatic rings. The van der Waals surface area contributed by atoms with Crippen LogP contribution in [0.4, 0.5) is 0 Å². The van der Waals surface area contributed by atoms with Crippen LogP contribution in [0, 0.1) is 5.41 Å². The Kier molecular flexibility index (Phi) is 5.04. The van der Waals surface area contributed by atoms with Crippen LogP contribution < -0.4 is 4.74 Å². The Labute approximate surface area is 157 Å². The lowest BCUT2D eigenvalue weighted by atomic mass is 9.97. The lowest BCUT2D eigenvalue weighted by Crippen LogP contribution is -2.25. The lowest BCUT2D eigenvalue weighted by molar-refractivity contribution is -0.142. The van der Waals surface area contributed by atoms with Gasteiger partial charge in [-0.2, -0.15) is 0 Å². The minimum Gasteiger partial charge on any atom is -0.462 e. The first-order chi connectivity index (χ1) is 12.8. The molecule has 5 heteroatoms. The summed E-state index contributed by atoms with van der Waals surface area (Å²) in [6.07, 6.45) is 0. The van der Waals surface area contributed by atoms with E-state index in [4.69, 9.17) is 13.9 Å². The van der Waals surface area contributed by atoms with Gasteiger partial charge < -0.3 is 13.9 Å². The fourth-order valence-corrected chi connectivity index (χ4v) is 2.60. The molecule has 0 saturated heterocycles. The molecule has 0 N–H and O–H groups in total. The number of carbonyl (C=O) groups excluding carboxylic acids is 2. The largest absolute Gasteiger partial charge is 0.462 e. The van der Waals surface area contributed by atoms with Crippen molar-refractivity contribution in [2.24, 2.45) is 5.41 Å². The molecule has 3 aromatic rings. The quantitative estimate of drug-likeness (QED) is 0.467. The van der Waals surface area contributed by atoms with Crippen LogP contribution in [0.25, 0.3) is 22.3 Å². The zero-order valence-electron chi connectivity index (χ0n) is 15.9. The molecule has 0 aliphatic carbocycles. The molecule has 0 atom stereocenters. The van der Waals surface area contributed by atoms with Crippen molar-refractivity contribution in [2.45, 2.75) is 27.7 Å². The zero-order chi connectivity index (χ0) is 19.6. The minimum atomic E-state index is -0.634. The second-order valence-corrected chi connectivity index (χ2v) is 7.19. The first-order valence-electron chi connectivity index (χ1n) is 8.82. The van der Waals surface area contributed by atoms with E-state index in [0.29, 0.717) is 28.0 Å². The van der Waals surface area contributed by atoms with Gasteiger partial charge in [-0.05, 0) is 45.9 Å². The van der Waals surface area contributed by atoms with Crippen LogP contribution in [0.15, 0.2) is 52.9 Å². The Balaban J connectivity index is 2.13. The first kappa shape index (κ1) is 18.7. The van der Waals surface area contributed by atoms with E-state index in [-0.39, 0.29) is 12.6 Å². The van der Waals surface area contributed by atoms with Crippen LogP contribution in [0.1, 0.15) is 38.1 Å². The Morgan fingerprint density at radius 1 is 1.04 bits per heavy atom. The third-order valence-corrected chi connectivity index (χ3v) is 4.00. The van der Waals surface area contributed by atoms with E-state index in [2.05, 4.69) is 0 Å². The summed E-state index contributed by atoms with van der Waals surface area (Å²) in [6.45, 7) is 7.34. The molecule has 0 unspecified atom stereocenters. The number of benzene rings is 2. The molecular formula is C22H22O5.